The zero-order valence-corrected chi connectivity index (χ0v) is 7.05. The highest BCUT2D eigenvalue weighted by atomic mass is 16.4. The molecule has 2 saturated carbocycles. The van der Waals surface area contributed by atoms with Gasteiger partial charge in [-0.2, -0.15) is 0 Å². The Morgan fingerprint density at radius 3 is 2.27 bits per heavy atom. The van der Waals surface area contributed by atoms with Crippen LogP contribution in [0.25, 0.3) is 0 Å². The lowest BCUT2D eigenvalue weighted by molar-refractivity contribution is -0.140. The maximum absolute atomic E-state index is 10.6. The Hall–Kier alpha value is -0.530. The predicted octanol–water partition coefficient (Wildman–Crippen LogP) is 1.90. The molecule has 2 rings (SSSR count). The van der Waals surface area contributed by atoms with E-state index in [1.807, 2.05) is 0 Å². The molecule has 2 heteroatoms. The first-order chi connectivity index (χ1) is 4.95. The fraction of sp³-hybridized carbons (Fsp3) is 0.889. The molecule has 2 nitrogen and oxygen atoms in total. The summed E-state index contributed by atoms with van der Waals surface area (Å²) in [4.78, 5) is 10.6. The van der Waals surface area contributed by atoms with Gasteiger partial charge in [-0.25, -0.2) is 0 Å². The van der Waals surface area contributed by atoms with E-state index in [0.29, 0.717) is 5.41 Å². The molecular formula is C9H14O2. The number of aliphatic carboxylic acids is 1. The van der Waals surface area contributed by atoms with E-state index in [1.54, 1.807) is 0 Å². The Morgan fingerprint density at radius 2 is 2.00 bits per heavy atom. The molecule has 2 fully saturated rings. The fourth-order valence-electron chi connectivity index (χ4n) is 2.94. The molecule has 62 valence electrons. The molecule has 2 aliphatic rings. The van der Waals surface area contributed by atoms with Crippen LogP contribution in [0.3, 0.4) is 0 Å². The van der Waals surface area contributed by atoms with Crippen molar-refractivity contribution in [2.45, 2.75) is 33.1 Å². The quantitative estimate of drug-likeness (QED) is 0.626. The van der Waals surface area contributed by atoms with Crippen molar-refractivity contribution < 1.29 is 9.90 Å². The predicted molar refractivity (Wildman–Crippen MR) is 41.2 cm³/mol. The summed E-state index contributed by atoms with van der Waals surface area (Å²) in [7, 11) is 0. The van der Waals surface area contributed by atoms with Crippen molar-refractivity contribution in [3.8, 4) is 0 Å². The number of rotatable bonds is 1. The highest BCUT2D eigenvalue weighted by Gasteiger charge is 2.66. The lowest BCUT2D eigenvalue weighted by Gasteiger charge is -2.44. The first-order valence-corrected chi connectivity index (χ1v) is 4.18. The van der Waals surface area contributed by atoms with Gasteiger partial charge in [-0.1, -0.05) is 13.8 Å². The van der Waals surface area contributed by atoms with Crippen molar-refractivity contribution in [2.75, 3.05) is 0 Å². The van der Waals surface area contributed by atoms with E-state index in [0.717, 1.165) is 19.3 Å². The van der Waals surface area contributed by atoms with E-state index >= 15 is 0 Å². The number of hydrogen-bond donors (Lipinski definition) is 1. The minimum atomic E-state index is -0.583. The van der Waals surface area contributed by atoms with Crippen molar-refractivity contribution >= 4 is 5.97 Å². The van der Waals surface area contributed by atoms with Crippen molar-refractivity contribution in [3.63, 3.8) is 0 Å². The maximum Gasteiger partial charge on any atom is 0.307 e. The van der Waals surface area contributed by atoms with Gasteiger partial charge in [-0.05, 0) is 30.1 Å². The third kappa shape index (κ3) is 0.883. The van der Waals surface area contributed by atoms with Crippen molar-refractivity contribution in [3.05, 3.63) is 0 Å². The van der Waals surface area contributed by atoms with Crippen LogP contribution in [0.5, 0.6) is 0 Å². The molecule has 1 spiro atoms. The average molecular weight is 154 g/mol. The van der Waals surface area contributed by atoms with Gasteiger partial charge in [0.15, 0.2) is 0 Å². The minimum absolute atomic E-state index is 0.00414. The summed E-state index contributed by atoms with van der Waals surface area (Å²) in [6, 6.07) is 0. The second kappa shape index (κ2) is 1.62. The van der Waals surface area contributed by atoms with Crippen LogP contribution in [0.2, 0.25) is 0 Å². The summed E-state index contributed by atoms with van der Waals surface area (Å²) in [5.74, 6) is -0.587. The number of carboxylic acid groups (broad SMARTS) is 1. The van der Waals surface area contributed by atoms with Gasteiger partial charge in [-0.3, -0.25) is 4.79 Å². The Morgan fingerprint density at radius 1 is 1.45 bits per heavy atom. The van der Waals surface area contributed by atoms with Crippen LogP contribution in [0, 0.1) is 16.7 Å². The number of carboxylic acids is 1. The topological polar surface area (TPSA) is 37.3 Å². The highest BCUT2D eigenvalue weighted by molar-refractivity contribution is 5.75. The summed E-state index contributed by atoms with van der Waals surface area (Å²) in [5, 5.41) is 8.72. The van der Waals surface area contributed by atoms with E-state index in [4.69, 9.17) is 5.11 Å². The van der Waals surface area contributed by atoms with Crippen LogP contribution in [0.4, 0.5) is 0 Å². The Labute approximate surface area is 66.6 Å². The molecule has 0 amide bonds. The van der Waals surface area contributed by atoms with Crippen LogP contribution in [0.1, 0.15) is 33.1 Å². The van der Waals surface area contributed by atoms with Gasteiger partial charge in [-0.15, -0.1) is 0 Å². The van der Waals surface area contributed by atoms with Crippen LogP contribution < -0.4 is 0 Å². The first-order valence-electron chi connectivity index (χ1n) is 4.18. The van der Waals surface area contributed by atoms with E-state index in [9.17, 15) is 4.79 Å². The van der Waals surface area contributed by atoms with Gasteiger partial charge >= 0.3 is 5.97 Å². The van der Waals surface area contributed by atoms with E-state index in [1.165, 1.54) is 0 Å². The van der Waals surface area contributed by atoms with Gasteiger partial charge in [0.1, 0.15) is 0 Å². The molecule has 0 aromatic carbocycles. The van der Waals surface area contributed by atoms with E-state index < -0.39 is 5.97 Å². The Kier molecular flexibility index (Phi) is 1.05. The van der Waals surface area contributed by atoms with Gasteiger partial charge in [0.25, 0.3) is 0 Å². The highest BCUT2D eigenvalue weighted by Crippen LogP contribution is 2.71. The van der Waals surface area contributed by atoms with Gasteiger partial charge in [0, 0.05) is 0 Å². The molecule has 11 heavy (non-hydrogen) atoms. The van der Waals surface area contributed by atoms with Gasteiger partial charge < -0.3 is 5.11 Å². The lowest BCUT2D eigenvalue weighted by atomic mass is 9.61. The maximum atomic E-state index is 10.6. The zero-order chi connectivity index (χ0) is 8.28. The largest absolute Gasteiger partial charge is 0.481 e. The molecular weight excluding hydrogens is 140 g/mol. The van der Waals surface area contributed by atoms with Crippen LogP contribution in [-0.2, 0) is 4.79 Å². The van der Waals surface area contributed by atoms with E-state index in [2.05, 4.69) is 13.8 Å². The SMILES string of the molecule is CC1(C)CC2(C[C@H]2C(=O)O)C1. The zero-order valence-electron chi connectivity index (χ0n) is 7.05. The molecule has 0 aliphatic heterocycles. The molecule has 0 bridgehead atoms. The fourth-order valence-corrected chi connectivity index (χ4v) is 2.94. The number of hydrogen-bond acceptors (Lipinski definition) is 1. The second-order valence-corrected chi connectivity index (χ2v) is 4.98. The summed E-state index contributed by atoms with van der Waals surface area (Å²) in [6.45, 7) is 4.44. The molecule has 0 saturated heterocycles. The van der Waals surface area contributed by atoms with Crippen LogP contribution in [-0.4, -0.2) is 11.1 Å². The van der Waals surface area contributed by atoms with Crippen molar-refractivity contribution in [2.24, 2.45) is 16.7 Å². The van der Waals surface area contributed by atoms with E-state index in [-0.39, 0.29) is 11.3 Å². The Balaban J connectivity index is 1.98. The molecule has 2 aliphatic carbocycles. The average Bonchev–Trinajstić information content (AvgIpc) is 2.38. The normalized spacial score (nSPS) is 36.4. The Bertz CT molecular complexity index is 210. The summed E-state index contributed by atoms with van der Waals surface area (Å²) in [6.07, 6.45) is 3.18. The van der Waals surface area contributed by atoms with Crippen LogP contribution >= 0.6 is 0 Å². The molecule has 0 unspecified atom stereocenters. The summed E-state index contributed by atoms with van der Waals surface area (Å²) < 4.78 is 0. The summed E-state index contributed by atoms with van der Waals surface area (Å²) >= 11 is 0. The molecule has 1 N–H and O–H groups in total. The molecule has 0 heterocycles. The molecule has 0 aromatic heterocycles. The van der Waals surface area contributed by atoms with Crippen LogP contribution in [0.15, 0.2) is 0 Å². The van der Waals surface area contributed by atoms with Crippen molar-refractivity contribution in [1.82, 2.24) is 0 Å². The summed E-state index contributed by atoms with van der Waals surface area (Å²) in [5.41, 5.74) is 0.666. The smallest absolute Gasteiger partial charge is 0.307 e. The lowest BCUT2D eigenvalue weighted by Crippen LogP contribution is -2.35. The monoisotopic (exact) mass is 154 g/mol. The van der Waals surface area contributed by atoms with Crippen molar-refractivity contribution in [1.29, 1.82) is 0 Å². The first kappa shape index (κ1) is 7.14. The second-order valence-electron chi connectivity index (χ2n) is 4.98. The molecule has 1 atom stereocenters. The third-order valence-corrected chi connectivity index (χ3v) is 3.15. The number of carbonyl (C=O) groups is 1. The van der Waals surface area contributed by atoms with Gasteiger partial charge in [0.2, 0.25) is 0 Å². The van der Waals surface area contributed by atoms with Gasteiger partial charge in [0.05, 0.1) is 5.92 Å². The third-order valence-electron chi connectivity index (χ3n) is 3.15. The molecule has 0 aromatic rings. The minimum Gasteiger partial charge on any atom is -0.481 e. The standard InChI is InChI=1S/C9H14O2/c1-8(2)4-9(5-8)3-6(9)7(10)11/h6H,3-5H2,1-2H3,(H,10,11)/t6-/m0/s1. The molecule has 0 radical (unpaired) electrons.